The summed E-state index contributed by atoms with van der Waals surface area (Å²) in [4.78, 5) is 0. The van der Waals surface area contributed by atoms with Gasteiger partial charge < -0.3 is 0 Å². The van der Waals surface area contributed by atoms with Crippen molar-refractivity contribution in [1.29, 1.82) is 0 Å². The summed E-state index contributed by atoms with van der Waals surface area (Å²) < 4.78 is 1.11. The zero-order valence-corrected chi connectivity index (χ0v) is 22.6. The Morgan fingerprint density at radius 2 is 0.769 bits per heavy atom. The summed E-state index contributed by atoms with van der Waals surface area (Å²) in [5.41, 5.74) is 5.03. The van der Waals surface area contributed by atoms with Crippen molar-refractivity contribution in [1.82, 2.24) is 0 Å². The van der Waals surface area contributed by atoms with Gasteiger partial charge >= 0.3 is 0 Å². The van der Waals surface area contributed by atoms with Crippen LogP contribution < -0.4 is 0 Å². The van der Waals surface area contributed by atoms with Gasteiger partial charge in [-0.05, 0) is 99.5 Å². The largest absolute Gasteiger partial charge is 0.0610 e. The zero-order valence-electron chi connectivity index (χ0n) is 21.0. The van der Waals surface area contributed by atoms with E-state index >= 15 is 0 Å². The minimum atomic E-state index is 1.11. The van der Waals surface area contributed by atoms with Crippen LogP contribution in [0.4, 0.5) is 0 Å². The number of halogens is 1. The third kappa shape index (κ3) is 2.89. The van der Waals surface area contributed by atoms with Gasteiger partial charge in [0.25, 0.3) is 0 Å². The Bertz CT molecular complexity index is 2390. The third-order valence-electron chi connectivity index (χ3n) is 8.59. The van der Waals surface area contributed by atoms with E-state index in [0.717, 1.165) is 4.47 Å². The first kappa shape index (κ1) is 21.5. The average molecular weight is 557 g/mol. The minimum absolute atomic E-state index is 1.11. The Labute approximate surface area is 233 Å². The van der Waals surface area contributed by atoms with Crippen molar-refractivity contribution < 1.29 is 0 Å². The fourth-order valence-electron chi connectivity index (χ4n) is 6.98. The van der Waals surface area contributed by atoms with Gasteiger partial charge in [0.15, 0.2) is 0 Å². The van der Waals surface area contributed by atoms with Crippen molar-refractivity contribution in [3.05, 3.63) is 132 Å². The van der Waals surface area contributed by atoms with Crippen LogP contribution in [0.1, 0.15) is 0 Å². The summed E-state index contributed by atoms with van der Waals surface area (Å²) in [5.74, 6) is 0. The molecule has 0 saturated carbocycles. The predicted octanol–water partition coefficient (Wildman–Crippen LogP) is 11.6. The Morgan fingerprint density at radius 3 is 1.36 bits per heavy atom. The van der Waals surface area contributed by atoms with Crippen molar-refractivity contribution in [3.8, 4) is 22.3 Å². The summed E-state index contributed by atoms with van der Waals surface area (Å²) >= 11 is 4.00. The summed E-state index contributed by atoms with van der Waals surface area (Å²) in [5, 5.41) is 15.7. The first-order valence-electron chi connectivity index (χ1n) is 13.4. The summed E-state index contributed by atoms with van der Waals surface area (Å²) in [7, 11) is 0. The van der Waals surface area contributed by atoms with Crippen LogP contribution >= 0.6 is 15.9 Å². The smallest absolute Gasteiger partial charge is 0.0260 e. The second-order valence-electron chi connectivity index (χ2n) is 10.6. The van der Waals surface area contributed by atoms with Gasteiger partial charge in [-0.25, -0.2) is 0 Å². The molecule has 9 aromatic carbocycles. The number of rotatable bonds is 2. The molecule has 0 spiro atoms. The first-order valence-corrected chi connectivity index (χ1v) is 14.2. The zero-order chi connectivity index (χ0) is 25.7. The van der Waals surface area contributed by atoms with Gasteiger partial charge in [-0.3, -0.25) is 0 Å². The second-order valence-corrected chi connectivity index (χ2v) is 11.5. The average Bonchev–Trinajstić information content (AvgIpc) is 2.98. The standard InChI is InChI=1S/C38H21Br/c39-33-15-5-14-29(31-20-26-10-1-6-22-16-18-24-8-3-12-28(31)36(24)34(22)26)38(33)32-21-27-11-2-7-23-17-19-25-9-4-13-30(32)37(25)35(23)27/h1-21H. The van der Waals surface area contributed by atoms with Gasteiger partial charge in [0, 0.05) is 10.0 Å². The highest BCUT2D eigenvalue weighted by molar-refractivity contribution is 9.10. The Morgan fingerprint density at radius 1 is 0.333 bits per heavy atom. The maximum absolute atomic E-state index is 4.00. The van der Waals surface area contributed by atoms with E-state index in [1.165, 1.54) is 86.9 Å². The third-order valence-corrected chi connectivity index (χ3v) is 9.25. The van der Waals surface area contributed by atoms with E-state index in [4.69, 9.17) is 0 Å². The molecule has 0 heterocycles. The molecule has 0 saturated heterocycles. The van der Waals surface area contributed by atoms with Crippen LogP contribution in [0.5, 0.6) is 0 Å². The van der Waals surface area contributed by atoms with Crippen molar-refractivity contribution >= 4 is 80.6 Å². The highest BCUT2D eigenvalue weighted by Gasteiger charge is 2.20. The fraction of sp³-hybridized carbons (Fsp3) is 0. The highest BCUT2D eigenvalue weighted by Crippen LogP contribution is 2.48. The molecule has 0 unspecified atom stereocenters. The topological polar surface area (TPSA) is 0 Å². The molecule has 0 N–H and O–H groups in total. The molecule has 0 aliphatic rings. The lowest BCUT2D eigenvalue weighted by molar-refractivity contribution is 1.60. The van der Waals surface area contributed by atoms with Gasteiger partial charge in [-0.2, -0.15) is 0 Å². The molecule has 0 amide bonds. The molecule has 0 nitrogen and oxygen atoms in total. The Kier molecular flexibility index (Phi) is 4.29. The second kappa shape index (κ2) is 7.79. The van der Waals surface area contributed by atoms with Gasteiger partial charge in [0.1, 0.15) is 0 Å². The lowest BCUT2D eigenvalue weighted by atomic mass is 9.84. The maximum atomic E-state index is 4.00. The maximum Gasteiger partial charge on any atom is 0.0260 e. The molecule has 39 heavy (non-hydrogen) atoms. The summed E-state index contributed by atoms with van der Waals surface area (Å²) in [6.45, 7) is 0. The van der Waals surface area contributed by atoms with Crippen LogP contribution in [0.3, 0.4) is 0 Å². The van der Waals surface area contributed by atoms with Crippen LogP contribution in [0.2, 0.25) is 0 Å². The first-order chi connectivity index (χ1) is 19.3. The fourth-order valence-corrected chi connectivity index (χ4v) is 7.56. The normalized spacial score (nSPS) is 12.2. The van der Waals surface area contributed by atoms with E-state index in [1.54, 1.807) is 0 Å². The molecule has 0 aliphatic heterocycles. The van der Waals surface area contributed by atoms with Crippen LogP contribution in [0, 0.1) is 0 Å². The summed E-state index contributed by atoms with van der Waals surface area (Å²) in [6.07, 6.45) is 0. The minimum Gasteiger partial charge on any atom is -0.0610 e. The molecule has 0 radical (unpaired) electrons. The quantitative estimate of drug-likeness (QED) is 0.186. The van der Waals surface area contributed by atoms with Crippen molar-refractivity contribution in [2.45, 2.75) is 0 Å². The Hall–Kier alpha value is -4.46. The van der Waals surface area contributed by atoms with E-state index in [9.17, 15) is 0 Å². The molecule has 0 bridgehead atoms. The van der Waals surface area contributed by atoms with Crippen molar-refractivity contribution in [3.63, 3.8) is 0 Å². The van der Waals surface area contributed by atoms with Gasteiger partial charge in [0.05, 0.1) is 0 Å². The molecular formula is C38H21Br. The van der Waals surface area contributed by atoms with Crippen LogP contribution in [0.15, 0.2) is 132 Å². The molecule has 0 fully saturated rings. The SMILES string of the molecule is Brc1cccc(-c2cc3cccc4ccc5cccc2c5c43)c1-c1cc2cccc3ccc4cccc1c4c32. The monoisotopic (exact) mass is 556 g/mol. The molecule has 0 aromatic heterocycles. The van der Waals surface area contributed by atoms with Gasteiger partial charge in [0.2, 0.25) is 0 Å². The molecule has 180 valence electrons. The van der Waals surface area contributed by atoms with E-state index in [2.05, 4.69) is 143 Å². The molecule has 0 aliphatic carbocycles. The number of hydrogen-bond acceptors (Lipinski definition) is 0. The summed E-state index contributed by atoms with van der Waals surface area (Å²) in [6, 6.07) is 47.2. The van der Waals surface area contributed by atoms with Crippen LogP contribution in [-0.2, 0) is 0 Å². The van der Waals surface area contributed by atoms with E-state index in [-0.39, 0.29) is 0 Å². The van der Waals surface area contributed by atoms with Crippen LogP contribution in [0.25, 0.3) is 86.9 Å². The van der Waals surface area contributed by atoms with E-state index < -0.39 is 0 Å². The van der Waals surface area contributed by atoms with Crippen LogP contribution in [-0.4, -0.2) is 0 Å². The van der Waals surface area contributed by atoms with Crippen molar-refractivity contribution in [2.75, 3.05) is 0 Å². The van der Waals surface area contributed by atoms with E-state index in [1.807, 2.05) is 0 Å². The van der Waals surface area contributed by atoms with E-state index in [0.29, 0.717) is 0 Å². The molecule has 9 rings (SSSR count). The molecular weight excluding hydrogens is 536 g/mol. The van der Waals surface area contributed by atoms with Crippen molar-refractivity contribution in [2.24, 2.45) is 0 Å². The van der Waals surface area contributed by atoms with Gasteiger partial charge in [-0.1, -0.05) is 125 Å². The van der Waals surface area contributed by atoms with Gasteiger partial charge in [-0.15, -0.1) is 0 Å². The predicted molar refractivity (Wildman–Crippen MR) is 172 cm³/mol. The lowest BCUT2D eigenvalue weighted by Gasteiger charge is -2.20. The molecule has 9 aromatic rings. The lowest BCUT2D eigenvalue weighted by Crippen LogP contribution is -1.93. The number of hydrogen-bond donors (Lipinski definition) is 0. The Balaban J connectivity index is 1.46. The molecule has 1 heteroatoms. The number of benzene rings is 9. The highest BCUT2D eigenvalue weighted by atomic mass is 79.9. The molecule has 0 atom stereocenters.